The quantitative estimate of drug-likeness (QED) is 0.0261. The van der Waals surface area contributed by atoms with Crippen LogP contribution in [0.1, 0.15) is 380 Å². The summed E-state index contributed by atoms with van der Waals surface area (Å²) < 4.78 is 17.0. The average Bonchev–Trinajstić information content (AvgIpc) is 3.39. The molecule has 432 valence electrons. The smallest absolute Gasteiger partial charge is 0.306 e. The van der Waals surface area contributed by atoms with Gasteiger partial charge in [-0.15, -0.1) is 0 Å². The molecule has 0 aliphatic rings. The van der Waals surface area contributed by atoms with Gasteiger partial charge in [0.1, 0.15) is 13.2 Å². The standard InChI is InChI=1S/C67H128O6/c1-4-7-10-13-16-19-22-25-28-30-32-33-35-37-40-43-46-49-52-55-58-61-67(70)73-64(62-71-65(68)59-56-53-50-47-44-41-38-27-24-21-18-15-12-9-6-3)63-72-66(69)60-57-54-51-48-45-42-39-36-34-31-29-26-23-20-17-14-11-8-5-2/h26,29,64H,4-25,27-28,30-63H2,1-3H3/b29-26-/t64-/m0/s1. The van der Waals surface area contributed by atoms with Gasteiger partial charge in [0.2, 0.25) is 0 Å². The van der Waals surface area contributed by atoms with Crippen LogP contribution in [-0.4, -0.2) is 37.2 Å². The van der Waals surface area contributed by atoms with E-state index in [0.29, 0.717) is 19.3 Å². The fraction of sp³-hybridized carbons (Fsp3) is 0.925. The van der Waals surface area contributed by atoms with Crippen molar-refractivity contribution in [3.05, 3.63) is 12.2 Å². The van der Waals surface area contributed by atoms with Crippen LogP contribution in [-0.2, 0) is 28.6 Å². The van der Waals surface area contributed by atoms with E-state index >= 15 is 0 Å². The number of carbonyl (C=O) groups is 3. The predicted molar refractivity (Wildman–Crippen MR) is 317 cm³/mol. The predicted octanol–water partition coefficient (Wildman–Crippen LogP) is 22.4. The Bertz CT molecular complexity index is 1130. The molecular formula is C67H128O6. The van der Waals surface area contributed by atoms with E-state index in [1.807, 2.05) is 0 Å². The highest BCUT2D eigenvalue weighted by atomic mass is 16.6. The van der Waals surface area contributed by atoms with Crippen LogP contribution in [0, 0.1) is 0 Å². The van der Waals surface area contributed by atoms with Crippen molar-refractivity contribution in [3.63, 3.8) is 0 Å². The van der Waals surface area contributed by atoms with Crippen molar-refractivity contribution in [2.75, 3.05) is 13.2 Å². The van der Waals surface area contributed by atoms with Crippen LogP contribution in [0.2, 0.25) is 0 Å². The van der Waals surface area contributed by atoms with Crippen LogP contribution < -0.4 is 0 Å². The summed E-state index contributed by atoms with van der Waals surface area (Å²) in [6.45, 7) is 6.72. The molecule has 0 aliphatic carbocycles. The molecule has 6 nitrogen and oxygen atoms in total. The molecule has 0 N–H and O–H groups in total. The fourth-order valence-electron chi connectivity index (χ4n) is 10.3. The van der Waals surface area contributed by atoms with Crippen molar-refractivity contribution in [1.29, 1.82) is 0 Å². The Morgan fingerprint density at radius 2 is 0.452 bits per heavy atom. The Morgan fingerprint density at radius 3 is 0.685 bits per heavy atom. The molecule has 0 saturated heterocycles. The summed E-state index contributed by atoms with van der Waals surface area (Å²) in [4.78, 5) is 38.4. The van der Waals surface area contributed by atoms with Crippen molar-refractivity contribution in [1.82, 2.24) is 0 Å². The van der Waals surface area contributed by atoms with Gasteiger partial charge in [0.15, 0.2) is 6.10 Å². The molecule has 0 rings (SSSR count). The zero-order valence-corrected chi connectivity index (χ0v) is 49.7. The molecule has 0 radical (unpaired) electrons. The van der Waals surface area contributed by atoms with Gasteiger partial charge in [-0.1, -0.05) is 328 Å². The molecule has 1 atom stereocenters. The molecule has 0 heterocycles. The number of unbranched alkanes of at least 4 members (excludes halogenated alkanes) is 49. The molecule has 0 bridgehead atoms. The summed E-state index contributed by atoms with van der Waals surface area (Å²) in [5.41, 5.74) is 0. The third-order valence-electron chi connectivity index (χ3n) is 15.3. The molecule has 0 aliphatic heterocycles. The number of ether oxygens (including phenoxy) is 3. The molecule has 0 amide bonds. The Labute approximate surface area is 456 Å². The van der Waals surface area contributed by atoms with Gasteiger partial charge in [-0.05, 0) is 44.9 Å². The molecular weight excluding hydrogens is 901 g/mol. The highest BCUT2D eigenvalue weighted by molar-refractivity contribution is 5.71. The molecule has 0 aromatic rings. The maximum absolute atomic E-state index is 12.9. The van der Waals surface area contributed by atoms with Crippen LogP contribution in [0.5, 0.6) is 0 Å². The van der Waals surface area contributed by atoms with Gasteiger partial charge in [-0.25, -0.2) is 0 Å². The first kappa shape index (κ1) is 71.2. The summed E-state index contributed by atoms with van der Waals surface area (Å²) in [6, 6.07) is 0. The fourth-order valence-corrected chi connectivity index (χ4v) is 10.3. The van der Waals surface area contributed by atoms with Crippen LogP contribution in [0.15, 0.2) is 12.2 Å². The van der Waals surface area contributed by atoms with E-state index in [4.69, 9.17) is 14.2 Å². The first-order valence-corrected chi connectivity index (χ1v) is 33.2. The Kier molecular flexibility index (Phi) is 61.1. The van der Waals surface area contributed by atoms with E-state index in [-0.39, 0.29) is 31.1 Å². The minimum absolute atomic E-state index is 0.0636. The maximum Gasteiger partial charge on any atom is 0.306 e. The zero-order valence-electron chi connectivity index (χ0n) is 49.7. The van der Waals surface area contributed by atoms with Gasteiger partial charge in [0, 0.05) is 19.3 Å². The zero-order chi connectivity index (χ0) is 52.9. The topological polar surface area (TPSA) is 78.9 Å². The van der Waals surface area contributed by atoms with E-state index < -0.39 is 6.10 Å². The van der Waals surface area contributed by atoms with Gasteiger partial charge >= 0.3 is 17.9 Å². The van der Waals surface area contributed by atoms with E-state index in [1.54, 1.807) is 0 Å². The number of hydrogen-bond acceptors (Lipinski definition) is 6. The second kappa shape index (κ2) is 62.7. The third kappa shape index (κ3) is 60.9. The lowest BCUT2D eigenvalue weighted by Gasteiger charge is -2.18. The molecule has 6 heteroatoms. The third-order valence-corrected chi connectivity index (χ3v) is 15.3. The van der Waals surface area contributed by atoms with Gasteiger partial charge in [-0.3, -0.25) is 14.4 Å². The van der Waals surface area contributed by atoms with Crippen LogP contribution in [0.3, 0.4) is 0 Å². The molecule has 0 fully saturated rings. The van der Waals surface area contributed by atoms with Crippen molar-refractivity contribution in [2.24, 2.45) is 0 Å². The number of hydrogen-bond donors (Lipinski definition) is 0. The van der Waals surface area contributed by atoms with E-state index in [2.05, 4.69) is 32.9 Å². The summed E-state index contributed by atoms with van der Waals surface area (Å²) in [5, 5.41) is 0. The average molecular weight is 1030 g/mol. The molecule has 0 unspecified atom stereocenters. The van der Waals surface area contributed by atoms with Crippen molar-refractivity contribution in [2.45, 2.75) is 386 Å². The lowest BCUT2D eigenvalue weighted by molar-refractivity contribution is -0.167. The molecule has 0 aromatic carbocycles. The first-order valence-electron chi connectivity index (χ1n) is 33.2. The van der Waals surface area contributed by atoms with Gasteiger partial charge < -0.3 is 14.2 Å². The monoisotopic (exact) mass is 1030 g/mol. The van der Waals surface area contributed by atoms with Gasteiger partial charge in [0.25, 0.3) is 0 Å². The second-order valence-electron chi connectivity index (χ2n) is 22.7. The number of esters is 3. The summed E-state index contributed by atoms with van der Waals surface area (Å²) in [5.74, 6) is -0.832. The minimum Gasteiger partial charge on any atom is -0.462 e. The Hall–Kier alpha value is -1.85. The van der Waals surface area contributed by atoms with E-state index in [1.165, 1.54) is 283 Å². The molecule has 0 spiro atoms. The van der Waals surface area contributed by atoms with Crippen LogP contribution in [0.4, 0.5) is 0 Å². The van der Waals surface area contributed by atoms with Crippen LogP contribution >= 0.6 is 0 Å². The molecule has 0 saturated carbocycles. The van der Waals surface area contributed by atoms with Crippen molar-refractivity contribution >= 4 is 17.9 Å². The minimum atomic E-state index is -0.766. The Morgan fingerprint density at radius 1 is 0.260 bits per heavy atom. The van der Waals surface area contributed by atoms with Gasteiger partial charge in [-0.2, -0.15) is 0 Å². The van der Waals surface area contributed by atoms with Crippen molar-refractivity contribution < 1.29 is 28.6 Å². The normalized spacial score (nSPS) is 12.0. The summed E-state index contributed by atoms with van der Waals surface area (Å²) >= 11 is 0. The van der Waals surface area contributed by atoms with E-state index in [9.17, 15) is 14.4 Å². The SMILES string of the molecule is CCCCCCCC/C=C\CCCCCCCCCCCC(=O)OC[C@H](COC(=O)CCCCCCCCCCCCCCCCC)OC(=O)CCCCCCCCCCCCCCCCCCCCCCC. The summed E-state index contributed by atoms with van der Waals surface area (Å²) in [7, 11) is 0. The number of rotatable bonds is 62. The second-order valence-corrected chi connectivity index (χ2v) is 22.7. The maximum atomic E-state index is 12.9. The molecule has 73 heavy (non-hydrogen) atoms. The lowest BCUT2D eigenvalue weighted by atomic mass is 10.0. The lowest BCUT2D eigenvalue weighted by Crippen LogP contribution is -2.30. The van der Waals surface area contributed by atoms with E-state index in [0.717, 1.165) is 57.8 Å². The van der Waals surface area contributed by atoms with Crippen LogP contribution in [0.25, 0.3) is 0 Å². The molecule has 0 aromatic heterocycles. The first-order chi connectivity index (χ1) is 36.0. The number of allylic oxidation sites excluding steroid dienone is 2. The highest BCUT2D eigenvalue weighted by Crippen LogP contribution is 2.18. The number of carbonyl (C=O) groups excluding carboxylic acids is 3. The largest absolute Gasteiger partial charge is 0.462 e. The van der Waals surface area contributed by atoms with Crippen molar-refractivity contribution in [3.8, 4) is 0 Å². The Balaban J connectivity index is 4.28. The highest BCUT2D eigenvalue weighted by Gasteiger charge is 2.19. The van der Waals surface area contributed by atoms with Gasteiger partial charge in [0.05, 0.1) is 0 Å². The summed E-state index contributed by atoms with van der Waals surface area (Å²) in [6.07, 6.45) is 73.6.